The number of carboxylic acids is 1. The average molecular weight is 532 g/mol. The minimum absolute atomic E-state index is 0.111. The summed E-state index contributed by atoms with van der Waals surface area (Å²) in [6, 6.07) is 5.92. The van der Waals surface area contributed by atoms with Crippen molar-refractivity contribution in [3.8, 4) is 11.8 Å². The molecule has 0 spiro atoms. The summed E-state index contributed by atoms with van der Waals surface area (Å²) in [7, 11) is 0. The number of carbonyl (C=O) groups excluding carboxylic acids is 1. The Morgan fingerprint density at radius 2 is 1.74 bits per heavy atom. The number of aliphatic hydroxyl groups excluding tert-OH is 1. The summed E-state index contributed by atoms with van der Waals surface area (Å²) in [6.45, 7) is 15.0. The van der Waals surface area contributed by atoms with Gasteiger partial charge in [-0.25, -0.2) is 4.79 Å². The van der Waals surface area contributed by atoms with E-state index in [1.54, 1.807) is 43.3 Å². The zero-order chi connectivity index (χ0) is 29.1. The maximum Gasteiger partial charge on any atom is 0.335 e. The van der Waals surface area contributed by atoms with Crippen molar-refractivity contribution < 1.29 is 28.6 Å². The van der Waals surface area contributed by atoms with Gasteiger partial charge in [0.15, 0.2) is 0 Å². The third-order valence-electron chi connectivity index (χ3n) is 7.99. The van der Waals surface area contributed by atoms with Crippen LogP contribution in [0.2, 0.25) is 0 Å². The second kappa shape index (κ2) is 11.6. The topological polar surface area (TPSA) is 77.8 Å². The molecule has 2 rings (SSSR count). The number of alkyl halides is 2. The standard InChI is InChI=1S/C31H43F2NO4/c1-9-10-11-21(2)24(35)16-17-29(5,6)25-20-31(32,33)27(38)34(25)30(7,8)19-18-28(3,4)23-14-12-22(13-15-23)26(36)37/h12-17,21,24-25,35H,11,18-20H2,1-8H3,(H,36,37)/b17-16+/t21-,24+,25+/m0/s1. The molecule has 0 aliphatic carbocycles. The van der Waals surface area contributed by atoms with E-state index in [4.69, 9.17) is 0 Å². The minimum atomic E-state index is -3.46. The molecule has 1 aliphatic rings. The first-order valence-electron chi connectivity index (χ1n) is 13.2. The normalized spacial score (nSPS) is 19.8. The van der Waals surface area contributed by atoms with Crippen LogP contribution in [-0.4, -0.2) is 50.6 Å². The van der Waals surface area contributed by atoms with Gasteiger partial charge in [0.05, 0.1) is 11.7 Å². The van der Waals surface area contributed by atoms with Crippen LogP contribution in [0.1, 0.15) is 97.0 Å². The van der Waals surface area contributed by atoms with E-state index in [-0.39, 0.29) is 16.9 Å². The van der Waals surface area contributed by atoms with Crippen LogP contribution in [0.3, 0.4) is 0 Å². The fraction of sp³-hybridized carbons (Fsp3) is 0.613. The molecule has 0 radical (unpaired) electrons. The largest absolute Gasteiger partial charge is 0.478 e. The molecular formula is C31H43F2NO4. The number of hydrogen-bond donors (Lipinski definition) is 2. The van der Waals surface area contributed by atoms with Gasteiger partial charge in [0.2, 0.25) is 0 Å². The van der Waals surface area contributed by atoms with Gasteiger partial charge in [0.25, 0.3) is 5.91 Å². The summed E-state index contributed by atoms with van der Waals surface area (Å²) in [5.41, 5.74) is -0.913. The van der Waals surface area contributed by atoms with Crippen LogP contribution >= 0.6 is 0 Å². The van der Waals surface area contributed by atoms with Gasteiger partial charge < -0.3 is 15.1 Å². The summed E-state index contributed by atoms with van der Waals surface area (Å²) in [5, 5.41) is 19.7. The number of carboxylic acid groups (broad SMARTS) is 1. The Morgan fingerprint density at radius 1 is 1.16 bits per heavy atom. The van der Waals surface area contributed by atoms with Crippen molar-refractivity contribution in [2.75, 3.05) is 0 Å². The zero-order valence-corrected chi connectivity index (χ0v) is 23.9. The first-order chi connectivity index (χ1) is 17.4. The average Bonchev–Trinajstić information content (AvgIpc) is 3.10. The predicted molar refractivity (Wildman–Crippen MR) is 146 cm³/mol. The maximum atomic E-state index is 14.9. The number of halogens is 2. The van der Waals surface area contributed by atoms with E-state index in [9.17, 15) is 28.6 Å². The summed E-state index contributed by atoms with van der Waals surface area (Å²) in [4.78, 5) is 25.6. The molecule has 0 bridgehead atoms. The number of rotatable bonds is 11. The number of benzene rings is 1. The fourth-order valence-corrected chi connectivity index (χ4v) is 5.01. The molecule has 7 heteroatoms. The smallest absolute Gasteiger partial charge is 0.335 e. The number of amides is 1. The van der Waals surface area contributed by atoms with Crippen molar-refractivity contribution in [2.45, 2.75) is 110 Å². The molecule has 0 unspecified atom stereocenters. The third-order valence-corrected chi connectivity index (χ3v) is 7.99. The van der Waals surface area contributed by atoms with Crippen molar-refractivity contribution in [2.24, 2.45) is 11.3 Å². The van der Waals surface area contributed by atoms with Crippen LogP contribution in [0.4, 0.5) is 8.78 Å². The Bertz CT molecular complexity index is 1090. The summed E-state index contributed by atoms with van der Waals surface area (Å²) in [5.74, 6) is 0.0282. The molecule has 1 aromatic carbocycles. The second-order valence-corrected chi connectivity index (χ2v) is 12.5. The lowest BCUT2D eigenvalue weighted by atomic mass is 9.75. The van der Waals surface area contributed by atoms with Crippen molar-refractivity contribution in [3.05, 3.63) is 47.5 Å². The Kier molecular flexibility index (Phi) is 9.59. The number of aromatic carboxylic acids is 1. The van der Waals surface area contributed by atoms with Crippen LogP contribution in [0.15, 0.2) is 36.4 Å². The molecule has 210 valence electrons. The van der Waals surface area contributed by atoms with Crippen molar-refractivity contribution in [3.63, 3.8) is 0 Å². The molecule has 1 heterocycles. The van der Waals surface area contributed by atoms with Gasteiger partial charge in [-0.2, -0.15) is 8.78 Å². The van der Waals surface area contributed by atoms with Gasteiger partial charge in [-0.3, -0.25) is 4.79 Å². The van der Waals surface area contributed by atoms with Gasteiger partial charge in [-0.1, -0.05) is 58.9 Å². The molecule has 1 saturated heterocycles. The molecule has 5 nitrogen and oxygen atoms in total. The summed E-state index contributed by atoms with van der Waals surface area (Å²) in [6.07, 6.45) is 3.62. The van der Waals surface area contributed by atoms with E-state index >= 15 is 0 Å². The zero-order valence-electron chi connectivity index (χ0n) is 23.9. The highest BCUT2D eigenvalue weighted by atomic mass is 19.3. The monoisotopic (exact) mass is 531 g/mol. The number of likely N-dealkylation sites (tertiary alicyclic amines) is 1. The molecular weight excluding hydrogens is 488 g/mol. The van der Waals surface area contributed by atoms with E-state index in [2.05, 4.69) is 11.8 Å². The molecule has 3 atom stereocenters. The molecule has 1 fully saturated rings. The van der Waals surface area contributed by atoms with Crippen LogP contribution < -0.4 is 0 Å². The fourth-order valence-electron chi connectivity index (χ4n) is 5.01. The van der Waals surface area contributed by atoms with Gasteiger partial charge in [-0.05, 0) is 62.6 Å². The number of carbonyl (C=O) groups is 2. The van der Waals surface area contributed by atoms with Gasteiger partial charge in [-0.15, -0.1) is 11.8 Å². The molecule has 1 aromatic rings. The number of aliphatic hydroxyl groups is 1. The van der Waals surface area contributed by atoms with Crippen LogP contribution in [0, 0.1) is 23.2 Å². The van der Waals surface area contributed by atoms with E-state index < -0.39 is 47.3 Å². The first kappa shape index (κ1) is 31.5. The lowest BCUT2D eigenvalue weighted by Crippen LogP contribution is -2.54. The second-order valence-electron chi connectivity index (χ2n) is 12.5. The van der Waals surface area contributed by atoms with Crippen molar-refractivity contribution >= 4 is 11.9 Å². The van der Waals surface area contributed by atoms with E-state index in [1.165, 1.54) is 4.90 Å². The first-order valence-corrected chi connectivity index (χ1v) is 13.2. The Balaban J connectivity index is 2.28. The Morgan fingerprint density at radius 3 is 2.26 bits per heavy atom. The molecule has 2 N–H and O–H groups in total. The van der Waals surface area contributed by atoms with E-state index in [0.29, 0.717) is 19.3 Å². The number of hydrogen-bond acceptors (Lipinski definition) is 3. The van der Waals surface area contributed by atoms with E-state index in [0.717, 1.165) is 5.56 Å². The van der Waals surface area contributed by atoms with Crippen LogP contribution in [0.5, 0.6) is 0 Å². The van der Waals surface area contributed by atoms with Gasteiger partial charge in [0, 0.05) is 29.8 Å². The maximum absolute atomic E-state index is 14.9. The highest BCUT2D eigenvalue weighted by molar-refractivity contribution is 5.88. The van der Waals surface area contributed by atoms with Crippen molar-refractivity contribution in [1.82, 2.24) is 4.90 Å². The minimum Gasteiger partial charge on any atom is -0.478 e. The Labute approximate surface area is 226 Å². The Hall–Kier alpha value is -2.72. The number of nitrogens with zero attached hydrogens (tertiary/aromatic N) is 1. The van der Waals surface area contributed by atoms with Gasteiger partial charge in [0.1, 0.15) is 0 Å². The molecule has 1 aliphatic heterocycles. The molecule has 38 heavy (non-hydrogen) atoms. The quantitative estimate of drug-likeness (QED) is 0.254. The van der Waals surface area contributed by atoms with Crippen LogP contribution in [0.25, 0.3) is 0 Å². The van der Waals surface area contributed by atoms with Crippen LogP contribution in [-0.2, 0) is 10.2 Å². The summed E-state index contributed by atoms with van der Waals surface area (Å²) < 4.78 is 29.8. The lowest BCUT2D eigenvalue weighted by molar-refractivity contribution is -0.153. The van der Waals surface area contributed by atoms with Gasteiger partial charge >= 0.3 is 11.9 Å². The third kappa shape index (κ3) is 7.22. The summed E-state index contributed by atoms with van der Waals surface area (Å²) >= 11 is 0. The lowest BCUT2D eigenvalue weighted by Gasteiger charge is -2.46. The SMILES string of the molecule is CC#CC[C@H](C)[C@H](O)/C=C/C(C)(C)[C@H]1CC(F)(F)C(=O)N1C(C)(C)CCC(C)(C)c1ccc(C(=O)O)cc1. The molecule has 1 amide bonds. The highest BCUT2D eigenvalue weighted by Crippen LogP contribution is 2.47. The van der Waals surface area contributed by atoms with E-state index in [1.807, 2.05) is 48.5 Å². The molecule has 0 aromatic heterocycles. The van der Waals surface area contributed by atoms with Crippen molar-refractivity contribution in [1.29, 1.82) is 0 Å². The highest BCUT2D eigenvalue weighted by Gasteiger charge is 2.60. The molecule has 0 saturated carbocycles. The predicted octanol–water partition coefficient (Wildman–Crippen LogP) is 6.45.